The van der Waals surface area contributed by atoms with Gasteiger partial charge < -0.3 is 19.6 Å². The minimum absolute atomic E-state index is 0.217. The van der Waals surface area contributed by atoms with Crippen molar-refractivity contribution < 1.29 is 13.2 Å². The summed E-state index contributed by atoms with van der Waals surface area (Å²) in [4.78, 5) is 27.7. The molecule has 2 aromatic heterocycles. The van der Waals surface area contributed by atoms with Crippen LogP contribution in [0.5, 0.6) is 0 Å². The van der Waals surface area contributed by atoms with Crippen molar-refractivity contribution in [1.82, 2.24) is 24.4 Å². The maximum atomic E-state index is 14.0. The zero-order chi connectivity index (χ0) is 28.9. The van der Waals surface area contributed by atoms with Crippen LogP contribution in [0, 0.1) is 0 Å². The van der Waals surface area contributed by atoms with Crippen LogP contribution in [0.25, 0.3) is 5.65 Å². The summed E-state index contributed by atoms with van der Waals surface area (Å²) < 4.78 is 28.5. The van der Waals surface area contributed by atoms with Gasteiger partial charge in [-0.3, -0.25) is 9.52 Å². The van der Waals surface area contributed by atoms with Crippen molar-refractivity contribution in [2.75, 3.05) is 67.6 Å². The van der Waals surface area contributed by atoms with Crippen LogP contribution in [0.15, 0.2) is 30.3 Å². The van der Waals surface area contributed by atoms with E-state index in [1.165, 1.54) is 12.1 Å². The van der Waals surface area contributed by atoms with Gasteiger partial charge in [0, 0.05) is 55.9 Å². The number of rotatable bonds is 7. The smallest absolute Gasteiger partial charge is 0.256 e. The first-order valence-corrected chi connectivity index (χ1v) is 16.5. The number of likely N-dealkylation sites (tertiary alicyclic amines) is 1. The highest BCUT2D eigenvalue weighted by Gasteiger charge is 2.34. The van der Waals surface area contributed by atoms with Gasteiger partial charge >= 0.3 is 0 Å². The third-order valence-electron chi connectivity index (χ3n) is 8.42. The zero-order valence-electron chi connectivity index (χ0n) is 23.8. The SMILES string of the molecule is CN(C)[C@H]1CCN(c2cc(N3CCC3)nc3cc([C@@H]4CCCCN4C(=O)c4cc(Cl)ccc4NS(C)(=O)=O)nn23)C1. The topological polar surface area (TPSA) is 106 Å². The van der Waals surface area contributed by atoms with E-state index in [-0.39, 0.29) is 23.2 Å². The molecule has 11 nitrogen and oxygen atoms in total. The number of hydrogen-bond acceptors (Lipinski definition) is 8. The van der Waals surface area contributed by atoms with Crippen molar-refractivity contribution in [2.45, 2.75) is 44.2 Å². The quantitative estimate of drug-likeness (QED) is 0.439. The number of piperidine rings is 1. The van der Waals surface area contributed by atoms with Crippen molar-refractivity contribution in [3.8, 4) is 0 Å². The average Bonchev–Trinajstić information content (AvgIpc) is 3.55. The fourth-order valence-corrected chi connectivity index (χ4v) is 6.80. The molecule has 0 aliphatic carbocycles. The maximum absolute atomic E-state index is 14.0. The molecule has 1 N–H and O–H groups in total. The summed E-state index contributed by atoms with van der Waals surface area (Å²) in [6.07, 6.45) is 5.88. The molecular formula is C28H37ClN8O3S. The molecular weight excluding hydrogens is 564 g/mol. The van der Waals surface area contributed by atoms with Crippen molar-refractivity contribution in [3.63, 3.8) is 0 Å². The number of carbonyl (C=O) groups is 1. The Bertz CT molecular complexity index is 1570. The third kappa shape index (κ3) is 5.69. The first-order valence-electron chi connectivity index (χ1n) is 14.2. The molecule has 6 rings (SSSR count). The van der Waals surface area contributed by atoms with Crippen molar-refractivity contribution in [3.05, 3.63) is 46.6 Å². The fraction of sp³-hybridized carbons (Fsp3) is 0.536. The van der Waals surface area contributed by atoms with Gasteiger partial charge in [0.25, 0.3) is 5.91 Å². The number of fused-ring (bicyclic) bond motifs is 1. The summed E-state index contributed by atoms with van der Waals surface area (Å²) >= 11 is 6.26. The predicted octanol–water partition coefficient (Wildman–Crippen LogP) is 3.47. The molecule has 1 amide bonds. The van der Waals surface area contributed by atoms with Gasteiger partial charge in [0.2, 0.25) is 10.0 Å². The third-order valence-corrected chi connectivity index (χ3v) is 9.25. The lowest BCUT2D eigenvalue weighted by Crippen LogP contribution is -2.39. The number of carbonyl (C=O) groups excluding carboxylic acids is 1. The highest BCUT2D eigenvalue weighted by atomic mass is 35.5. The molecule has 0 spiro atoms. The molecule has 0 radical (unpaired) electrons. The second-order valence-corrected chi connectivity index (χ2v) is 13.8. The van der Waals surface area contributed by atoms with E-state index >= 15 is 0 Å². The number of hydrogen-bond donors (Lipinski definition) is 1. The standard InChI is InChI=1S/C28H37ClN8O3S/c1-33(2)20-10-14-35(18-20)27-17-25(34-11-6-12-34)30-26-16-23(31-37(26)27)24-7-4-5-13-36(24)28(38)21-15-19(29)8-9-22(21)32-41(3,39)40/h8-9,15-17,20,24,32H,4-7,10-14,18H2,1-3H3/t20-,24-/m0/s1. The second kappa shape index (κ2) is 11.0. The number of benzene rings is 1. The van der Waals surface area contributed by atoms with Gasteiger partial charge in [0.15, 0.2) is 5.65 Å². The molecule has 220 valence electrons. The molecule has 0 saturated carbocycles. The van der Waals surface area contributed by atoms with Crippen LogP contribution < -0.4 is 14.5 Å². The van der Waals surface area contributed by atoms with Crippen LogP contribution in [0.4, 0.5) is 17.3 Å². The number of likely N-dealkylation sites (N-methyl/N-ethyl adjacent to an activating group) is 1. The Kier molecular flexibility index (Phi) is 7.50. The molecule has 5 heterocycles. The molecule has 0 unspecified atom stereocenters. The van der Waals surface area contributed by atoms with E-state index in [0.29, 0.717) is 17.6 Å². The van der Waals surface area contributed by atoms with Crippen LogP contribution in [0.2, 0.25) is 5.02 Å². The van der Waals surface area contributed by atoms with Gasteiger partial charge in [-0.05, 0) is 64.4 Å². The number of sulfonamides is 1. The van der Waals surface area contributed by atoms with Crippen molar-refractivity contribution in [2.24, 2.45) is 0 Å². The summed E-state index contributed by atoms with van der Waals surface area (Å²) in [6.45, 7) is 4.39. The Morgan fingerprint density at radius 1 is 1.02 bits per heavy atom. The predicted molar refractivity (Wildman–Crippen MR) is 162 cm³/mol. The highest BCUT2D eigenvalue weighted by Crippen LogP contribution is 2.36. The van der Waals surface area contributed by atoms with Gasteiger partial charge in [-0.25, -0.2) is 13.4 Å². The van der Waals surface area contributed by atoms with E-state index in [1.807, 2.05) is 10.6 Å². The van der Waals surface area contributed by atoms with Crippen LogP contribution >= 0.6 is 11.6 Å². The molecule has 0 bridgehead atoms. The molecule has 2 atom stereocenters. The van der Waals surface area contributed by atoms with Crippen LogP contribution in [0.1, 0.15) is 54.2 Å². The molecule has 3 saturated heterocycles. The van der Waals surface area contributed by atoms with Crippen molar-refractivity contribution >= 4 is 50.5 Å². The van der Waals surface area contributed by atoms with Gasteiger partial charge in [-0.1, -0.05) is 11.6 Å². The van der Waals surface area contributed by atoms with E-state index in [9.17, 15) is 13.2 Å². The van der Waals surface area contributed by atoms with E-state index in [0.717, 1.165) is 87.5 Å². The second-order valence-electron chi connectivity index (χ2n) is 11.6. The van der Waals surface area contributed by atoms with Gasteiger partial charge in [0.05, 0.1) is 29.2 Å². The molecule has 1 aromatic carbocycles. The molecule has 3 aromatic rings. The summed E-state index contributed by atoms with van der Waals surface area (Å²) in [5.41, 5.74) is 2.00. The summed E-state index contributed by atoms with van der Waals surface area (Å²) in [7, 11) is 0.658. The lowest BCUT2D eigenvalue weighted by molar-refractivity contribution is 0.0607. The van der Waals surface area contributed by atoms with Gasteiger partial charge in [0.1, 0.15) is 11.6 Å². The Balaban J connectivity index is 1.38. The minimum Gasteiger partial charge on any atom is -0.356 e. The largest absolute Gasteiger partial charge is 0.356 e. The Hall–Kier alpha value is -3.09. The first kappa shape index (κ1) is 28.0. The number of anilines is 3. The highest BCUT2D eigenvalue weighted by molar-refractivity contribution is 7.92. The van der Waals surface area contributed by atoms with E-state index in [1.54, 1.807) is 11.0 Å². The normalized spacial score (nSPS) is 21.5. The first-order chi connectivity index (χ1) is 19.6. The van der Waals surface area contributed by atoms with Gasteiger partial charge in [-0.15, -0.1) is 0 Å². The van der Waals surface area contributed by atoms with Crippen LogP contribution in [0.3, 0.4) is 0 Å². The molecule has 3 aliphatic heterocycles. The Labute approximate surface area is 246 Å². The number of nitrogens with one attached hydrogen (secondary N) is 1. The van der Waals surface area contributed by atoms with Crippen LogP contribution in [-0.2, 0) is 10.0 Å². The molecule has 13 heteroatoms. The maximum Gasteiger partial charge on any atom is 0.256 e. The average molecular weight is 601 g/mol. The fourth-order valence-electron chi connectivity index (χ4n) is 6.05. The minimum atomic E-state index is -3.59. The lowest BCUT2D eigenvalue weighted by Gasteiger charge is -2.35. The lowest BCUT2D eigenvalue weighted by atomic mass is 9.98. The molecule has 41 heavy (non-hydrogen) atoms. The van der Waals surface area contributed by atoms with E-state index in [2.05, 4.69) is 39.6 Å². The van der Waals surface area contributed by atoms with E-state index < -0.39 is 10.0 Å². The Morgan fingerprint density at radius 2 is 1.83 bits per heavy atom. The molecule has 3 fully saturated rings. The number of halogens is 1. The number of nitrogens with zero attached hydrogens (tertiary/aromatic N) is 7. The number of aromatic nitrogens is 3. The monoisotopic (exact) mass is 600 g/mol. The Morgan fingerprint density at radius 3 is 2.51 bits per heavy atom. The molecule has 3 aliphatic rings. The van der Waals surface area contributed by atoms with Crippen molar-refractivity contribution in [1.29, 1.82) is 0 Å². The van der Waals surface area contributed by atoms with E-state index in [4.69, 9.17) is 21.7 Å². The van der Waals surface area contributed by atoms with Crippen LogP contribution in [-0.4, -0.2) is 97.8 Å². The number of amides is 1. The summed E-state index contributed by atoms with van der Waals surface area (Å²) in [5, 5.41) is 5.43. The zero-order valence-corrected chi connectivity index (χ0v) is 25.3. The summed E-state index contributed by atoms with van der Waals surface area (Å²) in [6, 6.07) is 9.00. The summed E-state index contributed by atoms with van der Waals surface area (Å²) in [5.74, 6) is 1.71. The van der Waals surface area contributed by atoms with Gasteiger partial charge in [-0.2, -0.15) is 9.61 Å².